The molecule has 0 radical (unpaired) electrons. The summed E-state index contributed by atoms with van der Waals surface area (Å²) in [4.78, 5) is 19.8. The molecule has 24 heavy (non-hydrogen) atoms. The first-order valence-electron chi connectivity index (χ1n) is 7.27. The first-order chi connectivity index (χ1) is 11.4. The fourth-order valence-electron chi connectivity index (χ4n) is 2.44. The van der Waals surface area contributed by atoms with Crippen LogP contribution in [0.25, 0.3) is 11.0 Å². The molecule has 0 bridgehead atoms. The topological polar surface area (TPSA) is 57.8 Å². The van der Waals surface area contributed by atoms with Crippen molar-refractivity contribution in [3.05, 3.63) is 51.0 Å². The summed E-state index contributed by atoms with van der Waals surface area (Å²) in [6.07, 6.45) is 0. The van der Waals surface area contributed by atoms with Gasteiger partial charge in [0.25, 0.3) is 0 Å². The van der Waals surface area contributed by atoms with Crippen LogP contribution in [0.5, 0.6) is 0 Å². The van der Waals surface area contributed by atoms with Crippen LogP contribution in [-0.2, 0) is 4.79 Å². The van der Waals surface area contributed by atoms with Gasteiger partial charge in [-0.05, 0) is 55.3 Å². The van der Waals surface area contributed by atoms with Crippen LogP contribution in [-0.4, -0.2) is 21.6 Å². The highest BCUT2D eigenvalue weighted by atomic mass is 79.9. The number of H-pyrrole nitrogens is 1. The zero-order valence-electron chi connectivity index (χ0n) is 13.1. The number of halogens is 2. The molecule has 0 spiro atoms. The molecular formula is C17H15BrClN3OS. The van der Waals surface area contributed by atoms with Gasteiger partial charge in [0, 0.05) is 15.2 Å². The van der Waals surface area contributed by atoms with Gasteiger partial charge >= 0.3 is 0 Å². The maximum absolute atomic E-state index is 12.2. The number of rotatable bonds is 4. The highest BCUT2D eigenvalue weighted by Gasteiger charge is 2.11. The van der Waals surface area contributed by atoms with Gasteiger partial charge in [-0.15, -0.1) is 0 Å². The monoisotopic (exact) mass is 423 g/mol. The lowest BCUT2D eigenvalue weighted by molar-refractivity contribution is -0.113. The molecule has 0 unspecified atom stereocenters. The first kappa shape index (κ1) is 17.3. The number of thioether (sulfide) groups is 1. The molecule has 4 nitrogen and oxygen atoms in total. The van der Waals surface area contributed by atoms with E-state index in [9.17, 15) is 4.79 Å². The SMILES string of the molecule is Cc1cc(Br)cc(C)c1NC(=O)CSc1nc2ccc(Cl)cc2[nH]1. The average Bonchev–Trinajstić information content (AvgIpc) is 2.90. The number of aryl methyl sites for hydroxylation is 2. The van der Waals surface area contributed by atoms with Crippen molar-refractivity contribution in [3.63, 3.8) is 0 Å². The Morgan fingerprint density at radius 3 is 2.71 bits per heavy atom. The number of fused-ring (bicyclic) bond motifs is 1. The number of anilines is 1. The van der Waals surface area contributed by atoms with E-state index in [1.54, 1.807) is 6.07 Å². The van der Waals surface area contributed by atoms with Crippen LogP contribution in [0.15, 0.2) is 40.0 Å². The Morgan fingerprint density at radius 1 is 1.29 bits per heavy atom. The molecule has 2 N–H and O–H groups in total. The predicted molar refractivity (Wildman–Crippen MR) is 104 cm³/mol. The molecule has 0 aliphatic heterocycles. The Bertz CT molecular complexity index is 902. The lowest BCUT2D eigenvalue weighted by atomic mass is 10.1. The molecule has 0 fully saturated rings. The molecular weight excluding hydrogens is 410 g/mol. The normalized spacial score (nSPS) is 11.0. The van der Waals surface area contributed by atoms with E-state index in [4.69, 9.17) is 11.6 Å². The van der Waals surface area contributed by atoms with E-state index in [1.807, 2.05) is 38.1 Å². The number of aromatic amines is 1. The smallest absolute Gasteiger partial charge is 0.234 e. The molecule has 0 atom stereocenters. The molecule has 0 saturated carbocycles. The second-order valence-corrected chi connectivity index (χ2v) is 7.77. The van der Waals surface area contributed by atoms with Gasteiger partial charge in [0.05, 0.1) is 16.8 Å². The highest BCUT2D eigenvalue weighted by molar-refractivity contribution is 9.10. The minimum atomic E-state index is -0.0630. The van der Waals surface area contributed by atoms with Gasteiger partial charge in [-0.3, -0.25) is 4.79 Å². The molecule has 3 rings (SSSR count). The van der Waals surface area contributed by atoms with Gasteiger partial charge in [0.1, 0.15) is 0 Å². The zero-order valence-corrected chi connectivity index (χ0v) is 16.3. The summed E-state index contributed by atoms with van der Waals surface area (Å²) in [5.74, 6) is 0.217. The molecule has 1 aromatic heterocycles. The largest absolute Gasteiger partial charge is 0.333 e. The van der Waals surface area contributed by atoms with Gasteiger partial charge in [0.15, 0.2) is 5.16 Å². The van der Waals surface area contributed by atoms with E-state index in [1.165, 1.54) is 11.8 Å². The summed E-state index contributed by atoms with van der Waals surface area (Å²) in [5.41, 5.74) is 4.62. The number of imidazole rings is 1. The number of nitrogens with one attached hydrogen (secondary N) is 2. The van der Waals surface area contributed by atoms with Crippen molar-refractivity contribution in [2.45, 2.75) is 19.0 Å². The summed E-state index contributed by atoms with van der Waals surface area (Å²) in [5, 5.41) is 4.33. The number of carbonyl (C=O) groups is 1. The number of benzene rings is 2. The molecule has 7 heteroatoms. The minimum absolute atomic E-state index is 0.0630. The van der Waals surface area contributed by atoms with Gasteiger partial charge in [0.2, 0.25) is 5.91 Å². The maximum Gasteiger partial charge on any atom is 0.234 e. The molecule has 0 aliphatic rings. The highest BCUT2D eigenvalue weighted by Crippen LogP contribution is 2.26. The first-order valence-corrected chi connectivity index (χ1v) is 9.42. The number of nitrogens with zero attached hydrogens (tertiary/aromatic N) is 1. The lowest BCUT2D eigenvalue weighted by Gasteiger charge is -2.12. The van der Waals surface area contributed by atoms with Crippen molar-refractivity contribution >= 4 is 61.9 Å². The summed E-state index contributed by atoms with van der Waals surface area (Å²) < 4.78 is 1.01. The number of amides is 1. The predicted octanol–water partition coefficient (Wildman–Crippen LogP) is 5.33. The van der Waals surface area contributed by atoms with Crippen LogP contribution >= 0.6 is 39.3 Å². The Balaban J connectivity index is 1.67. The second-order valence-electron chi connectivity index (χ2n) is 5.45. The fraction of sp³-hybridized carbons (Fsp3) is 0.176. The molecule has 0 saturated heterocycles. The van der Waals surface area contributed by atoms with E-state index in [2.05, 4.69) is 31.2 Å². The van der Waals surface area contributed by atoms with Crippen LogP contribution in [0.1, 0.15) is 11.1 Å². The Kier molecular flexibility index (Phi) is 5.18. The quantitative estimate of drug-likeness (QED) is 0.557. The standard InChI is InChI=1S/C17H15BrClN3OS/c1-9-5-11(18)6-10(2)16(9)22-15(23)8-24-17-20-13-4-3-12(19)7-14(13)21-17/h3-7H,8H2,1-2H3,(H,20,21)(H,22,23). The van der Waals surface area contributed by atoms with E-state index in [0.717, 1.165) is 32.3 Å². The van der Waals surface area contributed by atoms with Crippen molar-refractivity contribution in [3.8, 4) is 0 Å². The van der Waals surface area contributed by atoms with Crippen LogP contribution in [0.4, 0.5) is 5.69 Å². The third-order valence-electron chi connectivity index (χ3n) is 3.52. The molecule has 1 amide bonds. The summed E-state index contributed by atoms with van der Waals surface area (Å²) in [6.45, 7) is 3.95. The summed E-state index contributed by atoms with van der Waals surface area (Å²) in [7, 11) is 0. The van der Waals surface area contributed by atoms with Crippen LogP contribution in [0.2, 0.25) is 5.02 Å². The third kappa shape index (κ3) is 3.94. The summed E-state index contributed by atoms with van der Waals surface area (Å²) in [6, 6.07) is 9.44. The Labute approximate surface area is 157 Å². The van der Waals surface area contributed by atoms with E-state index in [0.29, 0.717) is 10.2 Å². The van der Waals surface area contributed by atoms with E-state index in [-0.39, 0.29) is 11.7 Å². The second kappa shape index (κ2) is 7.17. The Morgan fingerprint density at radius 2 is 2.00 bits per heavy atom. The molecule has 1 heterocycles. The lowest BCUT2D eigenvalue weighted by Crippen LogP contribution is -2.15. The fourth-order valence-corrected chi connectivity index (χ4v) is 3.99. The van der Waals surface area contributed by atoms with Crippen molar-refractivity contribution in [2.24, 2.45) is 0 Å². The van der Waals surface area contributed by atoms with Crippen LogP contribution in [0, 0.1) is 13.8 Å². The number of hydrogen-bond donors (Lipinski definition) is 2. The average molecular weight is 425 g/mol. The van der Waals surface area contributed by atoms with Crippen molar-refractivity contribution in [2.75, 3.05) is 11.1 Å². The number of aromatic nitrogens is 2. The van der Waals surface area contributed by atoms with Gasteiger partial charge < -0.3 is 10.3 Å². The molecule has 2 aromatic carbocycles. The van der Waals surface area contributed by atoms with Crippen LogP contribution in [0.3, 0.4) is 0 Å². The Hall–Kier alpha value is -1.50. The van der Waals surface area contributed by atoms with Crippen molar-refractivity contribution < 1.29 is 4.79 Å². The van der Waals surface area contributed by atoms with Gasteiger partial charge in [-0.25, -0.2) is 4.98 Å². The van der Waals surface area contributed by atoms with Gasteiger partial charge in [-0.2, -0.15) is 0 Å². The van der Waals surface area contributed by atoms with E-state index >= 15 is 0 Å². The summed E-state index contributed by atoms with van der Waals surface area (Å²) >= 11 is 10.8. The van der Waals surface area contributed by atoms with Crippen LogP contribution < -0.4 is 5.32 Å². The third-order valence-corrected chi connectivity index (χ3v) is 5.09. The molecule has 0 aliphatic carbocycles. The van der Waals surface area contributed by atoms with Crippen molar-refractivity contribution in [1.29, 1.82) is 0 Å². The van der Waals surface area contributed by atoms with Gasteiger partial charge in [-0.1, -0.05) is 39.3 Å². The maximum atomic E-state index is 12.2. The number of hydrogen-bond acceptors (Lipinski definition) is 3. The number of carbonyl (C=O) groups excluding carboxylic acids is 1. The zero-order chi connectivity index (χ0) is 17.3. The molecule has 3 aromatic rings. The minimum Gasteiger partial charge on any atom is -0.333 e. The van der Waals surface area contributed by atoms with Crippen molar-refractivity contribution in [1.82, 2.24) is 9.97 Å². The molecule has 124 valence electrons. The van der Waals surface area contributed by atoms with E-state index < -0.39 is 0 Å².